The van der Waals surface area contributed by atoms with Crippen LogP contribution in [-0.4, -0.2) is 16.5 Å². The van der Waals surface area contributed by atoms with E-state index in [2.05, 4.69) is 28.3 Å². The molecule has 1 unspecified atom stereocenters. The Morgan fingerprint density at radius 1 is 1.31 bits per heavy atom. The summed E-state index contributed by atoms with van der Waals surface area (Å²) in [6.45, 7) is 3.07. The number of hydrogen-bond acceptors (Lipinski definition) is 3. The molecular formula is C13H19N3. The third-order valence-corrected chi connectivity index (χ3v) is 2.95. The predicted octanol–water partition coefficient (Wildman–Crippen LogP) is 2.63. The minimum Gasteiger partial charge on any atom is -0.304 e. The number of allylic oxidation sites excluding steroid dienone is 1. The van der Waals surface area contributed by atoms with E-state index in [9.17, 15) is 0 Å². The first-order chi connectivity index (χ1) is 7.92. The fourth-order valence-electron chi connectivity index (χ4n) is 2.18. The Labute approximate surface area is 97.0 Å². The highest BCUT2D eigenvalue weighted by molar-refractivity contribution is 5.19. The maximum absolute atomic E-state index is 4.36. The molecule has 1 N–H and O–H groups in total. The molecule has 1 aliphatic rings. The number of hydrogen-bond donors (Lipinski definition) is 1. The minimum absolute atomic E-state index is 0.214. The zero-order chi connectivity index (χ0) is 11.2. The van der Waals surface area contributed by atoms with Gasteiger partial charge in [0.05, 0.1) is 6.04 Å². The minimum atomic E-state index is 0.214. The Hall–Kier alpha value is -1.22. The molecule has 1 heterocycles. The van der Waals surface area contributed by atoms with E-state index in [0.29, 0.717) is 0 Å². The Morgan fingerprint density at radius 2 is 2.12 bits per heavy atom. The van der Waals surface area contributed by atoms with Gasteiger partial charge >= 0.3 is 0 Å². The van der Waals surface area contributed by atoms with Crippen LogP contribution in [-0.2, 0) is 0 Å². The van der Waals surface area contributed by atoms with Crippen LogP contribution >= 0.6 is 0 Å². The number of likely N-dealkylation sites (N-methyl/N-ethyl adjacent to an activating group) is 1. The van der Waals surface area contributed by atoms with Crippen LogP contribution in [0.2, 0.25) is 0 Å². The SMILES string of the molecule is CCNC(C1=CCCCC1)c1ncccn1. The molecule has 0 saturated carbocycles. The predicted molar refractivity (Wildman–Crippen MR) is 65.0 cm³/mol. The van der Waals surface area contributed by atoms with Crippen LogP contribution in [0.25, 0.3) is 0 Å². The van der Waals surface area contributed by atoms with Crippen LogP contribution in [0, 0.1) is 0 Å². The van der Waals surface area contributed by atoms with Gasteiger partial charge in [0, 0.05) is 12.4 Å². The van der Waals surface area contributed by atoms with Gasteiger partial charge in [0.15, 0.2) is 0 Å². The van der Waals surface area contributed by atoms with Gasteiger partial charge in [-0.05, 0) is 43.9 Å². The average Bonchev–Trinajstić information content (AvgIpc) is 2.38. The van der Waals surface area contributed by atoms with Crippen molar-refractivity contribution in [1.82, 2.24) is 15.3 Å². The molecule has 3 heteroatoms. The van der Waals surface area contributed by atoms with Gasteiger partial charge in [-0.25, -0.2) is 9.97 Å². The van der Waals surface area contributed by atoms with Crippen LogP contribution in [0.3, 0.4) is 0 Å². The highest BCUT2D eigenvalue weighted by Gasteiger charge is 2.19. The molecule has 0 saturated heterocycles. The standard InChI is InChI=1S/C13H19N3/c1-2-14-12(11-7-4-3-5-8-11)13-15-9-6-10-16-13/h6-7,9-10,12,14H,2-5,8H2,1H3. The quantitative estimate of drug-likeness (QED) is 0.788. The molecule has 0 aliphatic heterocycles. The highest BCUT2D eigenvalue weighted by atomic mass is 15.0. The van der Waals surface area contributed by atoms with E-state index in [1.807, 2.05) is 18.5 Å². The molecule has 0 aromatic carbocycles. The second-order valence-electron chi connectivity index (χ2n) is 4.12. The van der Waals surface area contributed by atoms with Crippen molar-refractivity contribution in [2.75, 3.05) is 6.54 Å². The molecule has 0 bridgehead atoms. The summed E-state index contributed by atoms with van der Waals surface area (Å²) < 4.78 is 0. The molecule has 1 atom stereocenters. The van der Waals surface area contributed by atoms with E-state index in [-0.39, 0.29) is 6.04 Å². The van der Waals surface area contributed by atoms with Crippen molar-refractivity contribution < 1.29 is 0 Å². The van der Waals surface area contributed by atoms with Crippen molar-refractivity contribution >= 4 is 0 Å². The van der Waals surface area contributed by atoms with E-state index < -0.39 is 0 Å². The molecular weight excluding hydrogens is 198 g/mol. The first-order valence-corrected chi connectivity index (χ1v) is 6.11. The lowest BCUT2D eigenvalue weighted by molar-refractivity contribution is 0.541. The molecule has 1 aromatic heterocycles. The molecule has 0 radical (unpaired) electrons. The second kappa shape index (κ2) is 5.75. The fraction of sp³-hybridized carbons (Fsp3) is 0.538. The molecule has 1 aromatic rings. The molecule has 16 heavy (non-hydrogen) atoms. The van der Waals surface area contributed by atoms with E-state index in [4.69, 9.17) is 0 Å². The van der Waals surface area contributed by atoms with Crippen LogP contribution < -0.4 is 5.32 Å². The largest absolute Gasteiger partial charge is 0.304 e. The summed E-state index contributed by atoms with van der Waals surface area (Å²) in [6.07, 6.45) is 11.0. The van der Waals surface area contributed by atoms with Gasteiger partial charge in [-0.3, -0.25) is 0 Å². The number of aromatic nitrogens is 2. The summed E-state index contributed by atoms with van der Waals surface area (Å²) in [5.74, 6) is 0.900. The summed E-state index contributed by atoms with van der Waals surface area (Å²) in [4.78, 5) is 8.72. The molecule has 2 rings (SSSR count). The number of nitrogens with one attached hydrogen (secondary N) is 1. The summed E-state index contributed by atoms with van der Waals surface area (Å²) in [6, 6.07) is 2.08. The first-order valence-electron chi connectivity index (χ1n) is 6.11. The van der Waals surface area contributed by atoms with Crippen LogP contribution in [0.4, 0.5) is 0 Å². The van der Waals surface area contributed by atoms with E-state index in [0.717, 1.165) is 12.4 Å². The highest BCUT2D eigenvalue weighted by Crippen LogP contribution is 2.27. The Kier molecular flexibility index (Phi) is 4.05. The maximum Gasteiger partial charge on any atom is 0.149 e. The monoisotopic (exact) mass is 217 g/mol. The Morgan fingerprint density at radius 3 is 2.75 bits per heavy atom. The third-order valence-electron chi connectivity index (χ3n) is 2.95. The Balaban J connectivity index is 2.19. The van der Waals surface area contributed by atoms with Gasteiger partial charge in [-0.1, -0.05) is 13.0 Å². The van der Waals surface area contributed by atoms with Crippen molar-refractivity contribution in [2.24, 2.45) is 0 Å². The maximum atomic E-state index is 4.36. The topological polar surface area (TPSA) is 37.8 Å². The van der Waals surface area contributed by atoms with E-state index in [1.165, 1.54) is 31.3 Å². The average molecular weight is 217 g/mol. The molecule has 1 aliphatic carbocycles. The molecule has 86 valence electrons. The summed E-state index contributed by atoms with van der Waals surface area (Å²) in [5, 5.41) is 3.48. The van der Waals surface area contributed by atoms with Crippen molar-refractivity contribution in [3.05, 3.63) is 35.9 Å². The molecule has 0 fully saturated rings. The fourth-order valence-corrected chi connectivity index (χ4v) is 2.18. The van der Waals surface area contributed by atoms with Gasteiger partial charge in [-0.2, -0.15) is 0 Å². The lowest BCUT2D eigenvalue weighted by atomic mass is 9.93. The van der Waals surface area contributed by atoms with Gasteiger partial charge in [0.1, 0.15) is 5.82 Å². The zero-order valence-electron chi connectivity index (χ0n) is 9.82. The lowest BCUT2D eigenvalue weighted by Crippen LogP contribution is -2.25. The number of nitrogens with zero attached hydrogens (tertiary/aromatic N) is 2. The molecule has 0 amide bonds. The Bertz CT molecular complexity index is 345. The van der Waals surface area contributed by atoms with Crippen molar-refractivity contribution in [3.63, 3.8) is 0 Å². The normalized spacial score (nSPS) is 17.9. The van der Waals surface area contributed by atoms with Gasteiger partial charge in [0.25, 0.3) is 0 Å². The molecule has 0 spiro atoms. The summed E-state index contributed by atoms with van der Waals surface area (Å²) in [7, 11) is 0. The van der Waals surface area contributed by atoms with Crippen molar-refractivity contribution in [1.29, 1.82) is 0 Å². The third kappa shape index (κ3) is 2.67. The van der Waals surface area contributed by atoms with Gasteiger partial charge < -0.3 is 5.32 Å². The smallest absolute Gasteiger partial charge is 0.149 e. The van der Waals surface area contributed by atoms with Gasteiger partial charge in [0.2, 0.25) is 0 Å². The van der Waals surface area contributed by atoms with E-state index in [1.54, 1.807) is 0 Å². The van der Waals surface area contributed by atoms with Crippen LogP contribution in [0.1, 0.15) is 44.5 Å². The first kappa shape index (κ1) is 11.3. The van der Waals surface area contributed by atoms with Gasteiger partial charge in [-0.15, -0.1) is 0 Å². The second-order valence-corrected chi connectivity index (χ2v) is 4.12. The summed E-state index contributed by atoms with van der Waals surface area (Å²) >= 11 is 0. The van der Waals surface area contributed by atoms with E-state index >= 15 is 0 Å². The zero-order valence-corrected chi connectivity index (χ0v) is 9.82. The van der Waals surface area contributed by atoms with Crippen molar-refractivity contribution in [3.8, 4) is 0 Å². The summed E-state index contributed by atoms with van der Waals surface area (Å²) in [5.41, 5.74) is 1.46. The number of rotatable bonds is 4. The van der Waals surface area contributed by atoms with Crippen LogP contribution in [0.15, 0.2) is 30.1 Å². The molecule has 3 nitrogen and oxygen atoms in total. The van der Waals surface area contributed by atoms with Crippen LogP contribution in [0.5, 0.6) is 0 Å². The lowest BCUT2D eigenvalue weighted by Gasteiger charge is -2.22. The van der Waals surface area contributed by atoms with Crippen molar-refractivity contribution in [2.45, 2.75) is 38.6 Å².